The quantitative estimate of drug-likeness (QED) is 0.519. The molecule has 3 nitrogen and oxygen atoms in total. The zero-order valence-electron chi connectivity index (χ0n) is 13.2. The van der Waals surface area contributed by atoms with Crippen molar-refractivity contribution in [3.05, 3.63) is 55.0 Å². The van der Waals surface area contributed by atoms with Crippen molar-refractivity contribution in [1.82, 2.24) is 5.32 Å². The monoisotopic (exact) mass is 299 g/mol. The SMILES string of the molecule is C=CCC(CC)CCNCc1ccc(-c2ccoc2)cc1O. The van der Waals surface area contributed by atoms with Crippen LogP contribution in [0.2, 0.25) is 0 Å². The number of hydrogen-bond donors (Lipinski definition) is 2. The molecule has 0 aliphatic rings. The van der Waals surface area contributed by atoms with Gasteiger partial charge in [-0.1, -0.05) is 31.6 Å². The second-order valence-electron chi connectivity index (χ2n) is 5.62. The highest BCUT2D eigenvalue weighted by molar-refractivity contribution is 5.64. The third-order valence-electron chi connectivity index (χ3n) is 4.06. The van der Waals surface area contributed by atoms with E-state index in [0.29, 0.717) is 18.2 Å². The molecule has 1 atom stereocenters. The molecule has 0 aliphatic carbocycles. The molecular weight excluding hydrogens is 274 g/mol. The summed E-state index contributed by atoms with van der Waals surface area (Å²) >= 11 is 0. The smallest absolute Gasteiger partial charge is 0.120 e. The normalized spacial score (nSPS) is 12.2. The molecule has 0 bridgehead atoms. The molecule has 0 radical (unpaired) electrons. The van der Waals surface area contributed by atoms with Gasteiger partial charge in [0, 0.05) is 17.7 Å². The summed E-state index contributed by atoms with van der Waals surface area (Å²) < 4.78 is 5.07. The summed E-state index contributed by atoms with van der Waals surface area (Å²) in [6.07, 6.45) is 8.69. The van der Waals surface area contributed by atoms with Gasteiger partial charge in [-0.2, -0.15) is 0 Å². The van der Waals surface area contributed by atoms with Crippen molar-refractivity contribution in [3.8, 4) is 16.9 Å². The molecule has 0 saturated heterocycles. The van der Waals surface area contributed by atoms with Crippen LogP contribution in [0.15, 0.2) is 53.9 Å². The van der Waals surface area contributed by atoms with Gasteiger partial charge in [0.15, 0.2) is 0 Å². The van der Waals surface area contributed by atoms with E-state index in [4.69, 9.17) is 4.42 Å². The van der Waals surface area contributed by atoms with Crippen LogP contribution >= 0.6 is 0 Å². The third-order valence-corrected chi connectivity index (χ3v) is 4.06. The van der Waals surface area contributed by atoms with E-state index in [1.807, 2.05) is 24.3 Å². The third kappa shape index (κ3) is 4.50. The number of aromatic hydroxyl groups is 1. The van der Waals surface area contributed by atoms with Crippen LogP contribution in [0.1, 0.15) is 31.7 Å². The highest BCUT2D eigenvalue weighted by Crippen LogP contribution is 2.26. The van der Waals surface area contributed by atoms with E-state index in [-0.39, 0.29) is 0 Å². The van der Waals surface area contributed by atoms with Crippen molar-refractivity contribution in [1.29, 1.82) is 0 Å². The average molecular weight is 299 g/mol. The Labute approximate surface area is 132 Å². The first-order valence-corrected chi connectivity index (χ1v) is 7.90. The summed E-state index contributed by atoms with van der Waals surface area (Å²) in [6.45, 7) is 7.66. The van der Waals surface area contributed by atoms with Crippen molar-refractivity contribution in [2.75, 3.05) is 6.54 Å². The van der Waals surface area contributed by atoms with Gasteiger partial charge in [-0.25, -0.2) is 0 Å². The predicted octanol–water partition coefficient (Wildman–Crippen LogP) is 4.73. The van der Waals surface area contributed by atoms with Gasteiger partial charge in [0.25, 0.3) is 0 Å². The molecule has 0 fully saturated rings. The molecule has 0 amide bonds. The first kappa shape index (κ1) is 16.4. The van der Waals surface area contributed by atoms with Gasteiger partial charge in [0.1, 0.15) is 5.75 Å². The second kappa shape index (κ2) is 8.44. The van der Waals surface area contributed by atoms with E-state index in [9.17, 15) is 5.11 Å². The maximum atomic E-state index is 10.1. The largest absolute Gasteiger partial charge is 0.508 e. The fourth-order valence-electron chi connectivity index (χ4n) is 2.58. The average Bonchev–Trinajstić information content (AvgIpc) is 3.06. The first-order chi connectivity index (χ1) is 10.7. The number of phenols is 1. The summed E-state index contributed by atoms with van der Waals surface area (Å²) in [6, 6.07) is 7.64. The van der Waals surface area contributed by atoms with E-state index in [2.05, 4.69) is 18.8 Å². The Morgan fingerprint density at radius 3 is 2.82 bits per heavy atom. The fraction of sp³-hybridized carbons (Fsp3) is 0.368. The number of nitrogens with one attached hydrogen (secondary N) is 1. The van der Waals surface area contributed by atoms with Gasteiger partial charge in [0.2, 0.25) is 0 Å². The minimum atomic E-state index is 0.323. The molecule has 2 rings (SSSR count). The molecule has 1 aromatic heterocycles. The van der Waals surface area contributed by atoms with E-state index in [1.54, 1.807) is 18.6 Å². The topological polar surface area (TPSA) is 45.4 Å². The molecule has 118 valence electrons. The first-order valence-electron chi connectivity index (χ1n) is 7.90. The molecule has 0 aliphatic heterocycles. The minimum Gasteiger partial charge on any atom is -0.508 e. The number of rotatable bonds is 9. The Morgan fingerprint density at radius 1 is 1.32 bits per heavy atom. The Hall–Kier alpha value is -2.00. The molecular formula is C19H25NO2. The Kier molecular flexibility index (Phi) is 6.28. The number of furan rings is 1. The molecule has 1 heterocycles. The van der Waals surface area contributed by atoms with Crippen molar-refractivity contribution < 1.29 is 9.52 Å². The van der Waals surface area contributed by atoms with Crippen LogP contribution in [-0.4, -0.2) is 11.7 Å². The van der Waals surface area contributed by atoms with Crippen LogP contribution in [0.5, 0.6) is 5.75 Å². The lowest BCUT2D eigenvalue weighted by Crippen LogP contribution is -2.17. The Balaban J connectivity index is 1.84. The van der Waals surface area contributed by atoms with Crippen molar-refractivity contribution in [2.45, 2.75) is 32.7 Å². The second-order valence-corrected chi connectivity index (χ2v) is 5.62. The predicted molar refractivity (Wildman–Crippen MR) is 90.7 cm³/mol. The summed E-state index contributed by atoms with van der Waals surface area (Å²) in [5.41, 5.74) is 2.86. The summed E-state index contributed by atoms with van der Waals surface area (Å²) in [5.74, 6) is 1.02. The summed E-state index contributed by atoms with van der Waals surface area (Å²) in [4.78, 5) is 0. The Morgan fingerprint density at radius 2 is 2.18 bits per heavy atom. The van der Waals surface area contributed by atoms with E-state index in [0.717, 1.165) is 36.1 Å². The lowest BCUT2D eigenvalue weighted by molar-refractivity contribution is 0.445. The summed E-state index contributed by atoms with van der Waals surface area (Å²) in [7, 11) is 0. The zero-order chi connectivity index (χ0) is 15.8. The van der Waals surface area contributed by atoms with E-state index in [1.165, 1.54) is 6.42 Å². The highest BCUT2D eigenvalue weighted by Gasteiger charge is 2.06. The van der Waals surface area contributed by atoms with E-state index < -0.39 is 0 Å². The van der Waals surface area contributed by atoms with Crippen molar-refractivity contribution in [2.24, 2.45) is 5.92 Å². The lowest BCUT2D eigenvalue weighted by atomic mass is 9.98. The van der Waals surface area contributed by atoms with Crippen LogP contribution < -0.4 is 5.32 Å². The molecule has 22 heavy (non-hydrogen) atoms. The molecule has 3 heteroatoms. The van der Waals surface area contributed by atoms with Crippen LogP contribution in [-0.2, 0) is 6.54 Å². The fourth-order valence-corrected chi connectivity index (χ4v) is 2.58. The number of benzene rings is 1. The van der Waals surface area contributed by atoms with E-state index >= 15 is 0 Å². The molecule has 1 unspecified atom stereocenters. The van der Waals surface area contributed by atoms with Crippen LogP contribution in [0.4, 0.5) is 0 Å². The molecule has 2 aromatic rings. The molecule has 0 spiro atoms. The van der Waals surface area contributed by atoms with Gasteiger partial charge < -0.3 is 14.8 Å². The number of allylic oxidation sites excluding steroid dienone is 1. The Bertz CT molecular complexity index is 575. The van der Waals surface area contributed by atoms with Crippen LogP contribution in [0, 0.1) is 5.92 Å². The van der Waals surface area contributed by atoms with Gasteiger partial charge >= 0.3 is 0 Å². The van der Waals surface area contributed by atoms with Crippen molar-refractivity contribution in [3.63, 3.8) is 0 Å². The number of hydrogen-bond acceptors (Lipinski definition) is 3. The maximum Gasteiger partial charge on any atom is 0.120 e. The molecule has 1 aromatic carbocycles. The highest BCUT2D eigenvalue weighted by atomic mass is 16.3. The minimum absolute atomic E-state index is 0.323. The molecule has 2 N–H and O–H groups in total. The van der Waals surface area contributed by atoms with Crippen LogP contribution in [0.25, 0.3) is 11.1 Å². The van der Waals surface area contributed by atoms with Gasteiger partial charge in [0.05, 0.1) is 12.5 Å². The lowest BCUT2D eigenvalue weighted by Gasteiger charge is -2.13. The summed E-state index contributed by atoms with van der Waals surface area (Å²) in [5, 5.41) is 13.6. The van der Waals surface area contributed by atoms with Gasteiger partial charge in [-0.3, -0.25) is 0 Å². The van der Waals surface area contributed by atoms with Crippen molar-refractivity contribution >= 4 is 0 Å². The van der Waals surface area contributed by atoms with Crippen LogP contribution in [0.3, 0.4) is 0 Å². The standard InChI is InChI=1S/C19H25NO2/c1-3-5-15(4-2)8-10-20-13-17-7-6-16(12-19(17)21)18-9-11-22-14-18/h3,6-7,9,11-12,14-15,20-21H,1,4-5,8,10,13H2,2H3. The zero-order valence-corrected chi connectivity index (χ0v) is 13.2. The number of phenolic OH excluding ortho intramolecular Hbond substituents is 1. The molecule has 0 saturated carbocycles. The van der Waals surface area contributed by atoms with Gasteiger partial charge in [-0.05, 0) is 43.0 Å². The van der Waals surface area contributed by atoms with Gasteiger partial charge in [-0.15, -0.1) is 6.58 Å². The maximum absolute atomic E-state index is 10.1.